The van der Waals surface area contributed by atoms with Crippen LogP contribution in [-0.2, 0) is 24.2 Å². The van der Waals surface area contributed by atoms with E-state index < -0.39 is 0 Å². The summed E-state index contributed by atoms with van der Waals surface area (Å²) in [5, 5.41) is 11.5. The Morgan fingerprint density at radius 2 is 2.04 bits per heavy atom. The lowest BCUT2D eigenvalue weighted by Gasteiger charge is -2.23. The zero-order valence-electron chi connectivity index (χ0n) is 16.7. The van der Waals surface area contributed by atoms with Gasteiger partial charge in [0.25, 0.3) is 0 Å². The van der Waals surface area contributed by atoms with E-state index >= 15 is 0 Å². The predicted molar refractivity (Wildman–Crippen MR) is 120 cm³/mol. The molecule has 1 aromatic carbocycles. The van der Waals surface area contributed by atoms with E-state index in [4.69, 9.17) is 4.74 Å². The van der Waals surface area contributed by atoms with E-state index in [0.29, 0.717) is 13.2 Å². The molecule has 0 fully saturated rings. The molecule has 0 radical (unpaired) electrons. The Morgan fingerprint density at radius 1 is 1.30 bits per heavy atom. The first-order valence-corrected chi connectivity index (χ1v) is 9.04. The van der Waals surface area contributed by atoms with Gasteiger partial charge in [0.15, 0.2) is 5.96 Å². The van der Waals surface area contributed by atoms with Crippen LogP contribution in [0.1, 0.15) is 23.9 Å². The quantitative estimate of drug-likeness (QED) is 0.255. The second kappa shape index (κ2) is 12.7. The summed E-state index contributed by atoms with van der Waals surface area (Å²) in [5.41, 5.74) is 2.52. The van der Waals surface area contributed by atoms with Gasteiger partial charge in [0.2, 0.25) is 0 Å². The lowest BCUT2D eigenvalue weighted by atomic mass is 10.1. The monoisotopic (exact) mass is 486 g/mol. The molecule has 0 bridgehead atoms. The number of benzene rings is 1. The predicted octanol–water partition coefficient (Wildman–Crippen LogP) is 2.49. The molecule has 0 amide bonds. The number of methoxy groups -OCH3 is 1. The minimum atomic E-state index is 0. The third-order valence-electron chi connectivity index (χ3n) is 4.11. The summed E-state index contributed by atoms with van der Waals surface area (Å²) >= 11 is 0. The number of guanidine groups is 1. The number of nitrogens with zero attached hydrogens (tertiary/aromatic N) is 5. The first kappa shape index (κ1) is 23.4. The van der Waals surface area contributed by atoms with Gasteiger partial charge >= 0.3 is 0 Å². The standard InChI is InChI=1S/C19H30N6O.HI/c1-5-18-23-22-15-25(18)12-10-20-19(21-11-13-26-4)24(3)14-17-8-6-16(2)7-9-17;/h6-9,15H,5,10-14H2,1-4H3,(H,20,21);1H. The molecule has 0 spiro atoms. The van der Waals surface area contributed by atoms with Gasteiger partial charge in [-0.2, -0.15) is 0 Å². The van der Waals surface area contributed by atoms with Gasteiger partial charge in [0.05, 0.1) is 13.2 Å². The molecule has 0 saturated carbocycles. The van der Waals surface area contributed by atoms with Crippen LogP contribution in [0.15, 0.2) is 35.6 Å². The van der Waals surface area contributed by atoms with Crippen molar-refractivity contribution in [3.05, 3.63) is 47.5 Å². The number of aliphatic imine (C=N–C) groups is 1. The van der Waals surface area contributed by atoms with Crippen molar-refractivity contribution in [2.24, 2.45) is 4.99 Å². The minimum Gasteiger partial charge on any atom is -0.383 e. The van der Waals surface area contributed by atoms with Crippen LogP contribution in [0.3, 0.4) is 0 Å². The Labute approximate surface area is 179 Å². The summed E-state index contributed by atoms with van der Waals surface area (Å²) in [7, 11) is 3.74. The van der Waals surface area contributed by atoms with Gasteiger partial charge in [0.1, 0.15) is 12.2 Å². The second-order valence-corrected chi connectivity index (χ2v) is 6.26. The van der Waals surface area contributed by atoms with Gasteiger partial charge in [-0.1, -0.05) is 36.8 Å². The van der Waals surface area contributed by atoms with Crippen LogP contribution < -0.4 is 5.32 Å². The molecule has 0 aliphatic heterocycles. The van der Waals surface area contributed by atoms with Crippen LogP contribution in [0, 0.1) is 6.92 Å². The van der Waals surface area contributed by atoms with E-state index in [1.54, 1.807) is 13.4 Å². The number of hydrogen-bond acceptors (Lipinski definition) is 4. The van der Waals surface area contributed by atoms with Crippen molar-refractivity contribution in [3.63, 3.8) is 0 Å². The average Bonchev–Trinajstić information content (AvgIpc) is 3.10. The third-order valence-corrected chi connectivity index (χ3v) is 4.11. The highest BCUT2D eigenvalue weighted by molar-refractivity contribution is 14.0. The lowest BCUT2D eigenvalue weighted by molar-refractivity contribution is 0.207. The van der Waals surface area contributed by atoms with Crippen LogP contribution in [0.5, 0.6) is 0 Å². The molecule has 150 valence electrons. The van der Waals surface area contributed by atoms with E-state index in [2.05, 4.69) is 75.1 Å². The third kappa shape index (κ3) is 7.84. The molecular weight excluding hydrogens is 455 g/mol. The number of aryl methyl sites for hydroxylation is 2. The van der Waals surface area contributed by atoms with Crippen molar-refractivity contribution < 1.29 is 4.74 Å². The first-order valence-electron chi connectivity index (χ1n) is 9.04. The Kier molecular flexibility index (Phi) is 11.0. The molecule has 7 nitrogen and oxygen atoms in total. The molecule has 1 aromatic heterocycles. The smallest absolute Gasteiger partial charge is 0.194 e. The molecule has 0 saturated heterocycles. The van der Waals surface area contributed by atoms with Crippen LogP contribution in [0.2, 0.25) is 0 Å². The molecule has 0 atom stereocenters. The number of ether oxygens (including phenoxy) is 1. The Morgan fingerprint density at radius 3 is 2.70 bits per heavy atom. The fourth-order valence-corrected chi connectivity index (χ4v) is 2.62. The van der Waals surface area contributed by atoms with Gasteiger partial charge in [0, 0.05) is 40.2 Å². The number of rotatable bonds is 9. The summed E-state index contributed by atoms with van der Waals surface area (Å²) < 4.78 is 7.19. The lowest BCUT2D eigenvalue weighted by Crippen LogP contribution is -2.40. The van der Waals surface area contributed by atoms with Crippen molar-refractivity contribution in [3.8, 4) is 0 Å². The zero-order chi connectivity index (χ0) is 18.8. The van der Waals surface area contributed by atoms with Crippen molar-refractivity contribution >= 4 is 29.9 Å². The van der Waals surface area contributed by atoms with Gasteiger partial charge in [-0.15, -0.1) is 34.2 Å². The summed E-state index contributed by atoms with van der Waals surface area (Å²) in [6.07, 6.45) is 2.65. The number of hydrogen-bond donors (Lipinski definition) is 1. The molecule has 0 unspecified atom stereocenters. The van der Waals surface area contributed by atoms with E-state index in [0.717, 1.165) is 37.8 Å². The Bertz CT molecular complexity index is 686. The zero-order valence-corrected chi connectivity index (χ0v) is 19.0. The Balaban J connectivity index is 0.00000364. The number of halogens is 1. The van der Waals surface area contributed by atoms with E-state index in [1.807, 2.05) is 0 Å². The number of nitrogens with one attached hydrogen (secondary N) is 1. The summed E-state index contributed by atoms with van der Waals surface area (Å²) in [6.45, 7) is 7.78. The van der Waals surface area contributed by atoms with Gasteiger partial charge in [-0.05, 0) is 12.5 Å². The van der Waals surface area contributed by atoms with Gasteiger partial charge < -0.3 is 19.5 Å². The van der Waals surface area contributed by atoms with Gasteiger partial charge in [-0.25, -0.2) is 0 Å². The van der Waals surface area contributed by atoms with Crippen molar-refractivity contribution in [1.29, 1.82) is 0 Å². The summed E-state index contributed by atoms with van der Waals surface area (Å²) in [5.74, 6) is 1.87. The molecule has 0 aliphatic carbocycles. The van der Waals surface area contributed by atoms with Crippen molar-refractivity contribution in [2.45, 2.75) is 33.4 Å². The van der Waals surface area contributed by atoms with Gasteiger partial charge in [-0.3, -0.25) is 4.99 Å². The fraction of sp³-hybridized carbons (Fsp3) is 0.526. The molecular formula is C19H31IN6O. The highest BCUT2D eigenvalue weighted by atomic mass is 127. The molecule has 0 aliphatic rings. The first-order chi connectivity index (χ1) is 12.6. The van der Waals surface area contributed by atoms with E-state index in [-0.39, 0.29) is 24.0 Å². The molecule has 1 N–H and O–H groups in total. The van der Waals surface area contributed by atoms with E-state index in [9.17, 15) is 0 Å². The van der Waals surface area contributed by atoms with Crippen molar-refractivity contribution in [1.82, 2.24) is 25.0 Å². The van der Waals surface area contributed by atoms with E-state index in [1.165, 1.54) is 11.1 Å². The highest BCUT2D eigenvalue weighted by Gasteiger charge is 2.08. The van der Waals surface area contributed by atoms with Crippen LogP contribution in [0.25, 0.3) is 0 Å². The maximum atomic E-state index is 5.12. The Hall–Kier alpha value is -1.68. The van der Waals surface area contributed by atoms with Crippen LogP contribution in [-0.4, -0.2) is 59.5 Å². The second-order valence-electron chi connectivity index (χ2n) is 6.26. The molecule has 27 heavy (non-hydrogen) atoms. The summed E-state index contributed by atoms with van der Waals surface area (Å²) in [4.78, 5) is 6.79. The highest BCUT2D eigenvalue weighted by Crippen LogP contribution is 2.06. The van der Waals surface area contributed by atoms with Crippen molar-refractivity contribution in [2.75, 3.05) is 33.9 Å². The topological polar surface area (TPSA) is 67.6 Å². The number of aromatic nitrogens is 3. The average molecular weight is 486 g/mol. The maximum Gasteiger partial charge on any atom is 0.194 e. The van der Waals surface area contributed by atoms with Crippen LogP contribution >= 0.6 is 24.0 Å². The van der Waals surface area contributed by atoms with Crippen LogP contribution in [0.4, 0.5) is 0 Å². The molecule has 2 aromatic rings. The maximum absolute atomic E-state index is 5.12. The fourth-order valence-electron chi connectivity index (χ4n) is 2.62. The minimum absolute atomic E-state index is 0. The largest absolute Gasteiger partial charge is 0.383 e. The molecule has 2 rings (SSSR count). The molecule has 8 heteroatoms. The molecule has 1 heterocycles. The normalized spacial score (nSPS) is 11.2. The SMILES string of the molecule is CCc1nncn1CCNC(=NCCOC)N(C)Cc1ccc(C)cc1.I. The summed E-state index contributed by atoms with van der Waals surface area (Å²) in [6, 6.07) is 8.58.